The van der Waals surface area contributed by atoms with Gasteiger partial charge in [0, 0.05) is 32.7 Å². The lowest BCUT2D eigenvalue weighted by Crippen LogP contribution is -2.48. The van der Waals surface area contributed by atoms with Gasteiger partial charge in [0.05, 0.1) is 27.7 Å². The van der Waals surface area contributed by atoms with E-state index in [2.05, 4.69) is 0 Å². The van der Waals surface area contributed by atoms with Crippen LogP contribution in [0.4, 0.5) is 26.3 Å². The molecule has 172 valence electrons. The minimum absolute atomic E-state index is 0.0871. The van der Waals surface area contributed by atoms with Crippen LogP contribution in [-0.4, -0.2) is 43.8 Å². The minimum Gasteiger partial charge on any atom is -0.296 e. The van der Waals surface area contributed by atoms with Gasteiger partial charge in [0.2, 0.25) is 10.0 Å². The second-order valence-corrected chi connectivity index (χ2v) is 9.17. The number of hydrogen-bond donors (Lipinski definition) is 0. The van der Waals surface area contributed by atoms with Gasteiger partial charge in [-0.3, -0.25) is 4.90 Å². The highest BCUT2D eigenvalue weighted by Gasteiger charge is 2.39. The lowest BCUT2D eigenvalue weighted by Gasteiger charge is -2.34. The van der Waals surface area contributed by atoms with Gasteiger partial charge >= 0.3 is 12.4 Å². The lowest BCUT2D eigenvalue weighted by atomic mass is 10.1. The Hall–Kier alpha value is -2.62. The molecule has 0 spiro atoms. The summed E-state index contributed by atoms with van der Waals surface area (Å²) in [7, 11) is -4.56. The topological polar surface area (TPSA) is 64.4 Å². The molecule has 0 aromatic heterocycles. The van der Waals surface area contributed by atoms with Crippen molar-refractivity contribution in [2.24, 2.45) is 0 Å². The standard InChI is InChI=1S/C20H17F6N3O2S/c21-19(22,23)16-9-17(20(24,25)26)11-18(10-16)32(30,31)29-7-5-28(6-8-29)13-15-3-1-14(12-27)2-4-15/h1-4,9-11H,5-8,13H2. The van der Waals surface area contributed by atoms with E-state index in [0.29, 0.717) is 12.1 Å². The highest BCUT2D eigenvalue weighted by Crippen LogP contribution is 2.37. The monoisotopic (exact) mass is 477 g/mol. The van der Waals surface area contributed by atoms with E-state index in [0.717, 1.165) is 9.87 Å². The van der Waals surface area contributed by atoms with Crippen molar-refractivity contribution < 1.29 is 34.8 Å². The van der Waals surface area contributed by atoms with Crippen molar-refractivity contribution >= 4 is 10.0 Å². The second-order valence-electron chi connectivity index (χ2n) is 7.23. The number of sulfonamides is 1. The second kappa shape index (κ2) is 8.73. The van der Waals surface area contributed by atoms with Gasteiger partial charge in [-0.05, 0) is 35.9 Å². The number of alkyl halides is 6. The molecule has 0 aliphatic carbocycles. The normalized spacial score (nSPS) is 16.7. The fourth-order valence-corrected chi connectivity index (χ4v) is 4.79. The van der Waals surface area contributed by atoms with Crippen molar-refractivity contribution in [2.45, 2.75) is 23.8 Å². The first kappa shape index (κ1) is 24.0. The summed E-state index contributed by atoms with van der Waals surface area (Å²) in [5.41, 5.74) is -1.98. The fraction of sp³-hybridized carbons (Fsp3) is 0.350. The summed E-state index contributed by atoms with van der Waals surface area (Å²) >= 11 is 0. The molecule has 12 heteroatoms. The Kier molecular flexibility index (Phi) is 6.55. The zero-order chi connectivity index (χ0) is 23.7. The highest BCUT2D eigenvalue weighted by atomic mass is 32.2. The Morgan fingerprint density at radius 3 is 1.78 bits per heavy atom. The van der Waals surface area contributed by atoms with Gasteiger partial charge in [0.15, 0.2) is 0 Å². The Labute approximate surface area is 180 Å². The van der Waals surface area contributed by atoms with E-state index in [1.54, 1.807) is 24.3 Å². The van der Waals surface area contributed by atoms with Gasteiger partial charge in [0.1, 0.15) is 0 Å². The van der Waals surface area contributed by atoms with Gasteiger partial charge in [0.25, 0.3) is 0 Å². The Balaban J connectivity index is 1.78. The lowest BCUT2D eigenvalue weighted by molar-refractivity contribution is -0.143. The molecule has 0 N–H and O–H groups in total. The van der Waals surface area contributed by atoms with Gasteiger partial charge in [-0.2, -0.15) is 35.9 Å². The van der Waals surface area contributed by atoms with Crippen LogP contribution in [0.3, 0.4) is 0 Å². The van der Waals surface area contributed by atoms with E-state index in [9.17, 15) is 34.8 Å². The number of benzene rings is 2. The van der Waals surface area contributed by atoms with Crippen molar-refractivity contribution in [3.63, 3.8) is 0 Å². The van der Waals surface area contributed by atoms with Crippen LogP contribution in [0.2, 0.25) is 0 Å². The molecule has 0 atom stereocenters. The van der Waals surface area contributed by atoms with Crippen molar-refractivity contribution in [3.8, 4) is 6.07 Å². The maximum Gasteiger partial charge on any atom is 0.416 e. The first-order valence-electron chi connectivity index (χ1n) is 9.32. The maximum absolute atomic E-state index is 13.1. The predicted molar refractivity (Wildman–Crippen MR) is 102 cm³/mol. The van der Waals surface area contributed by atoms with E-state index in [1.165, 1.54) is 0 Å². The average molecular weight is 477 g/mol. The molecule has 5 nitrogen and oxygen atoms in total. The molecule has 0 bridgehead atoms. The van der Waals surface area contributed by atoms with Crippen LogP contribution in [0.15, 0.2) is 47.4 Å². The summed E-state index contributed by atoms with van der Waals surface area (Å²) in [5, 5.41) is 8.83. The van der Waals surface area contributed by atoms with Crippen LogP contribution >= 0.6 is 0 Å². The van der Waals surface area contributed by atoms with Crippen LogP contribution in [0, 0.1) is 11.3 Å². The van der Waals surface area contributed by atoms with Crippen molar-refractivity contribution in [1.29, 1.82) is 5.26 Å². The first-order valence-corrected chi connectivity index (χ1v) is 10.8. The number of piperazine rings is 1. The minimum atomic E-state index is -5.13. The molecule has 2 aromatic carbocycles. The van der Waals surface area contributed by atoms with Crippen molar-refractivity contribution in [1.82, 2.24) is 9.21 Å². The Morgan fingerprint density at radius 1 is 0.844 bits per heavy atom. The molecule has 3 rings (SSSR count). The molecular formula is C20H17F6N3O2S. The molecule has 1 fully saturated rings. The molecule has 0 radical (unpaired) electrons. The van der Waals surface area contributed by atoms with Crippen LogP contribution < -0.4 is 0 Å². The Morgan fingerprint density at radius 2 is 1.34 bits per heavy atom. The summed E-state index contributed by atoms with van der Waals surface area (Å²) in [6, 6.07) is 9.14. The first-order chi connectivity index (χ1) is 14.8. The van der Waals surface area contributed by atoms with Gasteiger partial charge in [-0.15, -0.1) is 0 Å². The molecule has 32 heavy (non-hydrogen) atoms. The number of halogens is 6. The zero-order valence-corrected chi connectivity index (χ0v) is 17.2. The summed E-state index contributed by atoms with van der Waals surface area (Å²) in [5.74, 6) is 0. The number of nitrogens with zero attached hydrogens (tertiary/aromatic N) is 3. The third-order valence-corrected chi connectivity index (χ3v) is 6.90. The smallest absolute Gasteiger partial charge is 0.296 e. The molecule has 0 amide bonds. The molecule has 0 saturated carbocycles. The maximum atomic E-state index is 13.1. The van der Waals surface area contributed by atoms with Gasteiger partial charge in [-0.25, -0.2) is 8.42 Å². The van der Waals surface area contributed by atoms with E-state index >= 15 is 0 Å². The molecule has 0 unspecified atom stereocenters. The van der Waals surface area contributed by atoms with Gasteiger partial charge in [-0.1, -0.05) is 12.1 Å². The summed E-state index contributed by atoms with van der Waals surface area (Å²) < 4.78 is 105. The van der Waals surface area contributed by atoms with Crippen LogP contribution in [0.5, 0.6) is 0 Å². The molecule has 1 heterocycles. The van der Waals surface area contributed by atoms with E-state index in [4.69, 9.17) is 5.26 Å². The average Bonchev–Trinajstić information content (AvgIpc) is 2.73. The predicted octanol–water partition coefficient (Wildman–Crippen LogP) is 4.10. The third kappa shape index (κ3) is 5.40. The van der Waals surface area contributed by atoms with Crippen molar-refractivity contribution in [3.05, 3.63) is 64.7 Å². The summed E-state index contributed by atoms with van der Waals surface area (Å²) in [4.78, 5) is 0.862. The summed E-state index contributed by atoms with van der Waals surface area (Å²) in [6.45, 7) is 0.766. The van der Waals surface area contributed by atoms with Crippen LogP contribution in [0.1, 0.15) is 22.3 Å². The van der Waals surface area contributed by atoms with Crippen molar-refractivity contribution in [2.75, 3.05) is 26.2 Å². The molecule has 2 aromatic rings. The molecular weight excluding hydrogens is 460 g/mol. The zero-order valence-electron chi connectivity index (χ0n) is 16.4. The van der Waals surface area contributed by atoms with E-state index in [-0.39, 0.29) is 44.4 Å². The molecule has 1 aliphatic rings. The number of rotatable bonds is 4. The number of nitriles is 1. The van der Waals surface area contributed by atoms with E-state index < -0.39 is 38.4 Å². The van der Waals surface area contributed by atoms with Gasteiger partial charge < -0.3 is 0 Å². The fourth-order valence-electron chi connectivity index (χ4n) is 3.30. The van der Waals surface area contributed by atoms with Crippen LogP contribution in [-0.2, 0) is 28.9 Å². The quantitative estimate of drug-likeness (QED) is 0.622. The molecule has 1 aliphatic heterocycles. The Bertz CT molecular complexity index is 1080. The highest BCUT2D eigenvalue weighted by molar-refractivity contribution is 7.89. The third-order valence-electron chi connectivity index (χ3n) is 5.02. The molecule has 1 saturated heterocycles. The SMILES string of the molecule is N#Cc1ccc(CN2CCN(S(=O)(=O)c3cc(C(F)(F)F)cc(C(F)(F)F)c3)CC2)cc1. The largest absolute Gasteiger partial charge is 0.416 e. The number of hydrogen-bond acceptors (Lipinski definition) is 4. The summed E-state index contributed by atoms with van der Waals surface area (Å²) in [6.07, 6.45) is -10.3. The van der Waals surface area contributed by atoms with Crippen LogP contribution in [0.25, 0.3) is 0 Å². The van der Waals surface area contributed by atoms with E-state index in [1.807, 2.05) is 11.0 Å².